The molecule has 11 heteroatoms. The van der Waals surface area contributed by atoms with E-state index >= 15 is 0 Å². The molecular weight excluding hydrogens is 622 g/mol. The van der Waals surface area contributed by atoms with Gasteiger partial charge in [-0.05, 0) is 66.3 Å². The van der Waals surface area contributed by atoms with Crippen LogP contribution in [0.1, 0.15) is 40.7 Å². The van der Waals surface area contributed by atoms with Crippen molar-refractivity contribution in [1.82, 2.24) is 9.88 Å². The van der Waals surface area contributed by atoms with Crippen LogP contribution in [0.5, 0.6) is 23.0 Å². The zero-order valence-electron chi connectivity index (χ0n) is 25.8. The summed E-state index contributed by atoms with van der Waals surface area (Å²) in [6.07, 6.45) is 3.21. The van der Waals surface area contributed by atoms with Crippen molar-refractivity contribution in [3.05, 3.63) is 99.8 Å². The monoisotopic (exact) mass is 655 g/mol. The van der Waals surface area contributed by atoms with Crippen molar-refractivity contribution in [2.24, 2.45) is 0 Å². The molecule has 6 rings (SSSR count). The summed E-state index contributed by atoms with van der Waals surface area (Å²) in [5.74, 6) is 1.35. The summed E-state index contributed by atoms with van der Waals surface area (Å²) in [6.45, 7) is 3.83. The van der Waals surface area contributed by atoms with E-state index in [1.54, 1.807) is 29.3 Å². The Balaban J connectivity index is 1.26. The number of β-amino-alcohol motifs (C(OH)–C–C–N with tert-alkyl or cyclic N) is 1. The molecule has 1 aromatic heterocycles. The quantitative estimate of drug-likeness (QED) is 0.212. The zero-order chi connectivity index (χ0) is 32.9. The molecule has 2 aliphatic heterocycles. The van der Waals surface area contributed by atoms with E-state index in [-0.39, 0.29) is 26.3 Å². The second-order valence-corrected chi connectivity index (χ2v) is 12.0. The molecule has 0 amide bonds. The first-order chi connectivity index (χ1) is 22.8. The van der Waals surface area contributed by atoms with E-state index in [1.807, 2.05) is 37.3 Å². The highest BCUT2D eigenvalue weighted by molar-refractivity contribution is 6.32. The van der Waals surface area contributed by atoms with Crippen LogP contribution in [0.4, 0.5) is 0 Å². The molecule has 0 radical (unpaired) electrons. The minimum Gasteiger partial charge on any atom is -0.488 e. The van der Waals surface area contributed by atoms with Crippen LogP contribution >= 0.6 is 11.6 Å². The van der Waals surface area contributed by atoms with Gasteiger partial charge in [0.2, 0.25) is 0 Å². The number of pyridine rings is 1. The van der Waals surface area contributed by atoms with Gasteiger partial charge in [0, 0.05) is 42.7 Å². The predicted octanol–water partition coefficient (Wildman–Crippen LogP) is 5.92. The molecule has 3 heterocycles. The first-order valence-electron chi connectivity index (χ1n) is 15.3. The Bertz CT molecular complexity index is 1830. The number of aliphatic hydroxyl groups is 1. The summed E-state index contributed by atoms with van der Waals surface area (Å²) in [6, 6.07) is 18.4. The third-order valence-electron chi connectivity index (χ3n) is 8.43. The molecule has 1 unspecified atom stereocenters. The van der Waals surface area contributed by atoms with Gasteiger partial charge in [-0.15, -0.1) is 0 Å². The van der Waals surface area contributed by atoms with Gasteiger partial charge in [0.05, 0.1) is 16.7 Å². The molecule has 4 aromatic rings. The predicted molar refractivity (Wildman–Crippen MR) is 174 cm³/mol. The van der Waals surface area contributed by atoms with Gasteiger partial charge in [0.1, 0.15) is 50.0 Å². The van der Waals surface area contributed by atoms with Gasteiger partial charge in [-0.3, -0.25) is 14.7 Å². The van der Waals surface area contributed by atoms with Crippen LogP contribution in [0.15, 0.2) is 67.0 Å². The Hall–Kier alpha value is -4.82. The number of likely N-dealkylation sites (tertiary alicyclic amines) is 1. The van der Waals surface area contributed by atoms with E-state index in [1.165, 1.54) is 6.20 Å². The molecule has 0 aliphatic carbocycles. The molecule has 47 heavy (non-hydrogen) atoms. The lowest BCUT2D eigenvalue weighted by molar-refractivity contribution is -0.146. The van der Waals surface area contributed by atoms with Crippen LogP contribution in [0.3, 0.4) is 0 Å². The average molecular weight is 656 g/mol. The molecule has 2 N–H and O–H groups in total. The number of carboxylic acids is 1. The topological polar surface area (TPSA) is 134 Å². The average Bonchev–Trinajstić information content (AvgIpc) is 3.07. The van der Waals surface area contributed by atoms with Crippen molar-refractivity contribution in [3.8, 4) is 40.2 Å². The third-order valence-corrected chi connectivity index (χ3v) is 8.73. The molecule has 242 valence electrons. The fourth-order valence-electron chi connectivity index (χ4n) is 5.95. The molecule has 0 spiro atoms. The lowest BCUT2D eigenvalue weighted by Crippen LogP contribution is -2.48. The number of ether oxygens (including phenoxy) is 4. The summed E-state index contributed by atoms with van der Waals surface area (Å²) < 4.78 is 24.0. The first-order valence-corrected chi connectivity index (χ1v) is 15.7. The maximum atomic E-state index is 12.0. The Morgan fingerprint density at radius 2 is 1.83 bits per heavy atom. The summed E-state index contributed by atoms with van der Waals surface area (Å²) in [5, 5.41) is 29.8. The summed E-state index contributed by atoms with van der Waals surface area (Å²) in [4.78, 5) is 17.9. The lowest BCUT2D eigenvalue weighted by Gasteiger charge is -2.35. The molecule has 10 nitrogen and oxygen atoms in total. The lowest BCUT2D eigenvalue weighted by atomic mass is 9.96. The van der Waals surface area contributed by atoms with E-state index in [9.17, 15) is 20.3 Å². The first kappa shape index (κ1) is 32.1. The number of benzene rings is 3. The maximum Gasteiger partial charge on any atom is 0.320 e. The van der Waals surface area contributed by atoms with Crippen LogP contribution in [-0.2, 0) is 24.6 Å². The Labute approximate surface area is 277 Å². The van der Waals surface area contributed by atoms with Gasteiger partial charge in [0.15, 0.2) is 11.5 Å². The number of nitrogens with zero attached hydrogens (tertiary/aromatic N) is 3. The Kier molecular flexibility index (Phi) is 9.78. The van der Waals surface area contributed by atoms with E-state index in [2.05, 4.69) is 17.1 Å². The molecule has 2 atom stereocenters. The Morgan fingerprint density at radius 1 is 1.02 bits per heavy atom. The number of aliphatic hydroxyl groups excluding tert-OH is 1. The molecule has 2 aliphatic rings. The largest absolute Gasteiger partial charge is 0.488 e. The number of carboxylic acid groups (broad SMARTS) is 1. The summed E-state index contributed by atoms with van der Waals surface area (Å²) >= 11 is 6.77. The molecular formula is C36H34ClN3O7. The van der Waals surface area contributed by atoms with Crippen molar-refractivity contribution in [2.75, 3.05) is 19.8 Å². The number of nitriles is 1. The van der Waals surface area contributed by atoms with Crippen LogP contribution in [-0.4, -0.2) is 58.0 Å². The second-order valence-electron chi connectivity index (χ2n) is 11.6. The molecule has 0 saturated carbocycles. The smallest absolute Gasteiger partial charge is 0.320 e. The van der Waals surface area contributed by atoms with Crippen LogP contribution in [0, 0.1) is 18.3 Å². The fraction of sp³-hybridized carbons (Fsp3) is 0.306. The number of hydrogen-bond donors (Lipinski definition) is 2. The van der Waals surface area contributed by atoms with E-state index < -0.39 is 18.1 Å². The number of aromatic nitrogens is 1. The van der Waals surface area contributed by atoms with E-state index in [0.717, 1.165) is 33.8 Å². The minimum absolute atomic E-state index is 0.109. The van der Waals surface area contributed by atoms with Crippen molar-refractivity contribution < 1.29 is 34.0 Å². The maximum absolute atomic E-state index is 12.0. The van der Waals surface area contributed by atoms with Crippen LogP contribution < -0.4 is 18.9 Å². The Morgan fingerprint density at radius 3 is 2.64 bits per heavy atom. The van der Waals surface area contributed by atoms with Crippen molar-refractivity contribution in [3.63, 3.8) is 0 Å². The zero-order valence-corrected chi connectivity index (χ0v) is 26.6. The molecule has 0 bridgehead atoms. The highest BCUT2D eigenvalue weighted by Gasteiger charge is 2.33. The number of carbonyl (C=O) groups is 1. The van der Waals surface area contributed by atoms with Crippen molar-refractivity contribution in [2.45, 2.75) is 51.7 Å². The van der Waals surface area contributed by atoms with Gasteiger partial charge in [-0.2, -0.15) is 5.26 Å². The van der Waals surface area contributed by atoms with E-state index in [4.69, 9.17) is 30.5 Å². The third kappa shape index (κ3) is 7.44. The SMILES string of the molecule is Cc1c(COc2cc(OCc3cncc(C#N)c3)c(CN3C[C@@H](O)CCC3C(=O)O)cc2Cl)cccc1-c1ccc2c(c1)OCCO2. The highest BCUT2D eigenvalue weighted by atomic mass is 35.5. The van der Waals surface area contributed by atoms with Gasteiger partial charge in [-0.1, -0.05) is 35.9 Å². The van der Waals surface area contributed by atoms with Crippen molar-refractivity contribution >= 4 is 17.6 Å². The normalized spacial score (nSPS) is 17.5. The van der Waals surface area contributed by atoms with Gasteiger partial charge >= 0.3 is 5.97 Å². The van der Waals surface area contributed by atoms with Gasteiger partial charge < -0.3 is 29.2 Å². The number of halogens is 1. The number of piperidine rings is 1. The van der Waals surface area contributed by atoms with E-state index in [0.29, 0.717) is 59.3 Å². The van der Waals surface area contributed by atoms with Crippen LogP contribution in [0.2, 0.25) is 5.02 Å². The minimum atomic E-state index is -0.946. The fourth-order valence-corrected chi connectivity index (χ4v) is 6.19. The summed E-state index contributed by atoms with van der Waals surface area (Å²) in [7, 11) is 0. The molecule has 3 aromatic carbocycles. The number of fused-ring (bicyclic) bond motifs is 1. The van der Waals surface area contributed by atoms with Gasteiger partial charge in [-0.25, -0.2) is 0 Å². The van der Waals surface area contributed by atoms with Gasteiger partial charge in [0.25, 0.3) is 0 Å². The molecule has 1 saturated heterocycles. The second kappa shape index (κ2) is 14.3. The highest BCUT2D eigenvalue weighted by Crippen LogP contribution is 2.38. The standard InChI is InChI=1S/C36H34ClN3O7/c1-22-26(3-2-4-29(22)25-5-8-32-35(13-25)45-10-9-44-32)21-47-34-14-33(46-20-24-11-23(15-38)16-39-17-24)27(12-30(34)37)18-40-19-28(41)6-7-31(40)36(42)43/h2-5,8,11-14,16-17,28,31,41H,6-7,9-10,18-21H2,1H3,(H,42,43)/t28-,31?/m0/s1. The van der Waals surface area contributed by atoms with Crippen LogP contribution in [0.25, 0.3) is 11.1 Å². The number of aliphatic carboxylic acids is 1. The molecule has 1 fully saturated rings. The van der Waals surface area contributed by atoms with Crippen molar-refractivity contribution in [1.29, 1.82) is 5.26 Å². The summed E-state index contributed by atoms with van der Waals surface area (Å²) in [5.41, 5.74) is 5.79. The number of rotatable bonds is 10. The number of hydrogen-bond acceptors (Lipinski definition) is 9.